The van der Waals surface area contributed by atoms with Gasteiger partial charge >= 0.3 is 0 Å². The Morgan fingerprint density at radius 3 is 2.70 bits per heavy atom. The highest BCUT2D eigenvalue weighted by Gasteiger charge is 2.23. The van der Waals surface area contributed by atoms with Gasteiger partial charge in [-0.1, -0.05) is 20.8 Å². The molecule has 0 bridgehead atoms. The minimum atomic E-state index is 0.0229. The number of nitrogens with zero attached hydrogens (tertiary/aromatic N) is 2. The molecule has 148 valence electrons. The molecule has 0 aliphatic carbocycles. The molecule has 0 spiro atoms. The average molecular weight is 413 g/mol. The quantitative estimate of drug-likeness (QED) is 0.279. The Morgan fingerprint density at radius 1 is 1.00 bits per heavy atom. The van der Waals surface area contributed by atoms with Crippen LogP contribution in [0.4, 0.5) is 0 Å². The van der Waals surface area contributed by atoms with Gasteiger partial charge in [-0.05, 0) is 64.6 Å². The molecule has 2 aromatic carbocycles. The molecule has 30 heavy (non-hydrogen) atoms. The van der Waals surface area contributed by atoms with Gasteiger partial charge in [0.25, 0.3) is 0 Å². The van der Waals surface area contributed by atoms with Crippen molar-refractivity contribution < 1.29 is 8.83 Å². The molecular formula is C25H20N2O2S. The second kappa shape index (κ2) is 5.92. The number of furan rings is 2. The molecule has 0 amide bonds. The summed E-state index contributed by atoms with van der Waals surface area (Å²) in [5.74, 6) is 0. The van der Waals surface area contributed by atoms with Crippen LogP contribution in [0.3, 0.4) is 0 Å². The lowest BCUT2D eigenvalue weighted by Crippen LogP contribution is -2.11. The van der Waals surface area contributed by atoms with E-state index in [4.69, 9.17) is 13.8 Å². The second-order valence-corrected chi connectivity index (χ2v) is 9.77. The van der Waals surface area contributed by atoms with Gasteiger partial charge in [-0.2, -0.15) is 0 Å². The predicted octanol–water partition coefficient (Wildman–Crippen LogP) is 7.61. The van der Waals surface area contributed by atoms with Crippen molar-refractivity contribution in [2.45, 2.75) is 33.1 Å². The summed E-state index contributed by atoms with van der Waals surface area (Å²) in [5.41, 5.74) is 6.57. The fraction of sp³-hybridized carbons (Fsp3) is 0.200. The van der Waals surface area contributed by atoms with E-state index in [1.54, 1.807) is 23.9 Å². The van der Waals surface area contributed by atoms with Crippen LogP contribution in [0.15, 0.2) is 57.1 Å². The van der Waals surface area contributed by atoms with Crippen LogP contribution in [-0.2, 0) is 5.41 Å². The number of hydrogen-bond acceptors (Lipinski definition) is 5. The van der Waals surface area contributed by atoms with Crippen LogP contribution in [0.2, 0.25) is 0 Å². The average Bonchev–Trinajstić information content (AvgIpc) is 3.42. The van der Waals surface area contributed by atoms with Gasteiger partial charge in [0, 0.05) is 15.6 Å². The molecule has 4 aromatic heterocycles. The van der Waals surface area contributed by atoms with Crippen molar-refractivity contribution in [3.63, 3.8) is 0 Å². The van der Waals surface area contributed by atoms with E-state index in [-0.39, 0.29) is 5.41 Å². The highest BCUT2D eigenvalue weighted by Crippen LogP contribution is 2.42. The third-order valence-corrected chi connectivity index (χ3v) is 6.76. The molecule has 0 fully saturated rings. The number of hydrogen-bond donors (Lipinski definition) is 0. The van der Waals surface area contributed by atoms with Gasteiger partial charge in [0.1, 0.15) is 17.5 Å². The molecule has 0 saturated heterocycles. The minimum Gasteiger partial charge on any atom is -0.463 e. The van der Waals surface area contributed by atoms with Crippen molar-refractivity contribution in [3.05, 3.63) is 59.4 Å². The van der Waals surface area contributed by atoms with Crippen molar-refractivity contribution in [3.8, 4) is 11.3 Å². The molecule has 0 saturated carbocycles. The molecule has 6 aromatic rings. The first-order valence-corrected chi connectivity index (χ1v) is 10.9. The molecule has 0 aliphatic heterocycles. The number of thiophene rings is 1. The van der Waals surface area contributed by atoms with Crippen molar-refractivity contribution in [1.82, 2.24) is 9.97 Å². The summed E-state index contributed by atoms with van der Waals surface area (Å²) in [4.78, 5) is 9.14. The molecule has 0 aliphatic rings. The lowest BCUT2D eigenvalue weighted by molar-refractivity contribution is 0.597. The van der Waals surface area contributed by atoms with Crippen LogP contribution in [-0.4, -0.2) is 9.97 Å². The Bertz CT molecular complexity index is 1590. The highest BCUT2D eigenvalue weighted by atomic mass is 32.1. The lowest BCUT2D eigenvalue weighted by Gasteiger charge is -2.21. The third-order valence-electron chi connectivity index (χ3n) is 5.80. The summed E-state index contributed by atoms with van der Waals surface area (Å²) in [6.45, 7) is 8.81. The number of benzene rings is 2. The Morgan fingerprint density at radius 2 is 1.87 bits per heavy atom. The van der Waals surface area contributed by atoms with Crippen molar-refractivity contribution in [2.75, 3.05) is 0 Å². The normalized spacial score (nSPS) is 12.7. The first-order chi connectivity index (χ1) is 14.4. The van der Waals surface area contributed by atoms with Gasteiger partial charge in [-0.25, -0.2) is 9.97 Å². The number of aromatic nitrogens is 2. The fourth-order valence-corrected chi connectivity index (χ4v) is 5.41. The fourth-order valence-electron chi connectivity index (χ4n) is 4.30. The van der Waals surface area contributed by atoms with Crippen LogP contribution in [0.5, 0.6) is 0 Å². The van der Waals surface area contributed by atoms with Gasteiger partial charge in [-0.15, -0.1) is 11.3 Å². The van der Waals surface area contributed by atoms with E-state index >= 15 is 0 Å². The maximum Gasteiger partial charge on any atom is 0.231 e. The summed E-state index contributed by atoms with van der Waals surface area (Å²) >= 11 is 1.79. The number of rotatable bonds is 1. The van der Waals surface area contributed by atoms with Gasteiger partial charge < -0.3 is 8.83 Å². The molecule has 5 heteroatoms. The SMILES string of the molecule is Cc1coc2c1ccc1oc3ncnc(-c4cc(C(C)(C)C)c5sccc5c4)c3c12. The van der Waals surface area contributed by atoms with Crippen LogP contribution >= 0.6 is 11.3 Å². The van der Waals surface area contributed by atoms with Gasteiger partial charge in [0.15, 0.2) is 0 Å². The number of fused-ring (bicyclic) bond motifs is 6. The van der Waals surface area contributed by atoms with Gasteiger partial charge in [0.05, 0.1) is 22.7 Å². The first kappa shape index (κ1) is 17.7. The van der Waals surface area contributed by atoms with Crippen LogP contribution in [0.1, 0.15) is 31.9 Å². The molecule has 0 N–H and O–H groups in total. The zero-order valence-corrected chi connectivity index (χ0v) is 18.1. The molecule has 0 radical (unpaired) electrons. The monoisotopic (exact) mass is 412 g/mol. The molecule has 4 nitrogen and oxygen atoms in total. The Kier molecular flexibility index (Phi) is 3.49. The van der Waals surface area contributed by atoms with Crippen molar-refractivity contribution in [2.24, 2.45) is 0 Å². The summed E-state index contributed by atoms with van der Waals surface area (Å²) < 4.78 is 13.4. The first-order valence-electron chi connectivity index (χ1n) is 9.98. The number of aryl methyl sites for hydroxylation is 1. The Labute approximate surface area is 177 Å². The molecule has 4 heterocycles. The molecular weight excluding hydrogens is 392 g/mol. The zero-order valence-electron chi connectivity index (χ0n) is 17.2. The predicted molar refractivity (Wildman–Crippen MR) is 123 cm³/mol. The summed E-state index contributed by atoms with van der Waals surface area (Å²) in [6.07, 6.45) is 3.38. The summed E-state index contributed by atoms with van der Waals surface area (Å²) in [5, 5.41) is 6.32. The zero-order chi connectivity index (χ0) is 20.6. The molecule has 0 atom stereocenters. The third kappa shape index (κ3) is 2.39. The molecule has 6 rings (SSSR count). The second-order valence-electron chi connectivity index (χ2n) is 8.85. The van der Waals surface area contributed by atoms with E-state index in [0.717, 1.165) is 44.1 Å². The van der Waals surface area contributed by atoms with Crippen LogP contribution in [0, 0.1) is 6.92 Å². The van der Waals surface area contributed by atoms with E-state index in [0.29, 0.717) is 5.71 Å². The topological polar surface area (TPSA) is 52.1 Å². The van der Waals surface area contributed by atoms with Crippen molar-refractivity contribution in [1.29, 1.82) is 0 Å². The van der Waals surface area contributed by atoms with Gasteiger partial charge in [0.2, 0.25) is 5.71 Å². The minimum absolute atomic E-state index is 0.0229. The van der Waals surface area contributed by atoms with Crippen LogP contribution < -0.4 is 0 Å². The Hall–Kier alpha value is -3.18. The van der Waals surface area contributed by atoms with Crippen LogP contribution in [0.25, 0.3) is 54.4 Å². The maximum atomic E-state index is 6.09. The summed E-state index contributed by atoms with van der Waals surface area (Å²) in [7, 11) is 0. The Balaban J connectivity index is 1.76. The lowest BCUT2D eigenvalue weighted by atomic mass is 9.85. The van der Waals surface area contributed by atoms with Crippen molar-refractivity contribution >= 4 is 54.5 Å². The van der Waals surface area contributed by atoms with E-state index in [1.807, 2.05) is 12.1 Å². The maximum absolute atomic E-state index is 6.09. The van der Waals surface area contributed by atoms with E-state index in [2.05, 4.69) is 56.3 Å². The highest BCUT2D eigenvalue weighted by molar-refractivity contribution is 7.17. The standard InChI is InChI=1S/C25H20N2O2S/c1-13-11-28-22-16(13)5-6-18-19(22)20-21(26-12-27-24(20)29-18)15-9-14-7-8-30-23(14)17(10-15)25(2,3)4/h5-12H,1-4H3. The van der Waals surface area contributed by atoms with E-state index < -0.39 is 0 Å². The smallest absolute Gasteiger partial charge is 0.231 e. The molecule has 0 unspecified atom stereocenters. The summed E-state index contributed by atoms with van der Waals surface area (Å²) in [6, 6.07) is 10.7. The van der Waals surface area contributed by atoms with E-state index in [9.17, 15) is 0 Å². The van der Waals surface area contributed by atoms with Gasteiger partial charge in [-0.3, -0.25) is 0 Å². The largest absolute Gasteiger partial charge is 0.463 e. The van der Waals surface area contributed by atoms with E-state index in [1.165, 1.54) is 15.6 Å².